The molecule has 0 heterocycles. The van der Waals surface area contributed by atoms with Gasteiger partial charge in [-0.15, -0.1) is 0 Å². The highest BCUT2D eigenvalue weighted by molar-refractivity contribution is 7.47. The summed E-state index contributed by atoms with van der Waals surface area (Å²) < 4.78 is 23.6. The van der Waals surface area contributed by atoms with E-state index in [9.17, 15) is 19.4 Å². The monoisotopic (exact) mass is 770 g/mol. The van der Waals surface area contributed by atoms with Gasteiger partial charge in [0.1, 0.15) is 13.2 Å². The molecule has 9 heteroatoms. The van der Waals surface area contributed by atoms with Gasteiger partial charge in [-0.1, -0.05) is 166 Å². The zero-order valence-electron chi connectivity index (χ0n) is 35.3. The molecule has 0 bridgehead atoms. The van der Waals surface area contributed by atoms with Crippen molar-refractivity contribution in [2.45, 2.75) is 199 Å². The summed E-state index contributed by atoms with van der Waals surface area (Å²) in [7, 11) is 1.60. The number of carbonyl (C=O) groups excluding carboxylic acids is 1. The predicted octanol–water partition coefficient (Wildman–Crippen LogP) is 11.9. The molecule has 1 amide bonds. The minimum atomic E-state index is -4.31. The van der Waals surface area contributed by atoms with E-state index in [0.29, 0.717) is 23.9 Å². The van der Waals surface area contributed by atoms with E-state index in [1.165, 1.54) is 96.3 Å². The number of hydrogen-bond acceptors (Lipinski definition) is 5. The van der Waals surface area contributed by atoms with E-state index in [4.69, 9.17) is 9.05 Å². The number of nitrogens with zero attached hydrogens (tertiary/aromatic N) is 1. The lowest BCUT2D eigenvalue weighted by Gasteiger charge is -2.26. The number of rotatable bonds is 39. The van der Waals surface area contributed by atoms with Crippen LogP contribution in [0.25, 0.3) is 0 Å². The van der Waals surface area contributed by atoms with Gasteiger partial charge in [0.2, 0.25) is 5.91 Å². The van der Waals surface area contributed by atoms with Crippen LogP contribution in [0.15, 0.2) is 36.5 Å². The highest BCUT2D eigenvalue weighted by Gasteiger charge is 2.28. The molecule has 0 fully saturated rings. The molecule has 53 heavy (non-hydrogen) atoms. The first kappa shape index (κ1) is 51.7. The number of aliphatic hydroxyl groups is 1. The zero-order valence-corrected chi connectivity index (χ0v) is 36.1. The quantitative estimate of drug-likeness (QED) is 0.0249. The fourth-order valence-corrected chi connectivity index (χ4v) is 6.85. The second-order valence-electron chi connectivity index (χ2n) is 16.1. The van der Waals surface area contributed by atoms with Gasteiger partial charge in [-0.2, -0.15) is 0 Å². The summed E-state index contributed by atoms with van der Waals surface area (Å²) in [6, 6.07) is -0.765. The summed E-state index contributed by atoms with van der Waals surface area (Å²) in [4.78, 5) is 23.1. The van der Waals surface area contributed by atoms with E-state index in [0.717, 1.165) is 64.2 Å². The maximum atomic E-state index is 12.9. The van der Waals surface area contributed by atoms with Crippen molar-refractivity contribution in [3.05, 3.63) is 36.5 Å². The normalized spacial score (nSPS) is 14.8. The molecule has 0 aliphatic heterocycles. The van der Waals surface area contributed by atoms with Crippen LogP contribution in [-0.4, -0.2) is 73.4 Å². The van der Waals surface area contributed by atoms with Crippen LogP contribution in [0.4, 0.5) is 0 Å². The lowest BCUT2D eigenvalue weighted by molar-refractivity contribution is -0.870. The predicted molar refractivity (Wildman–Crippen MR) is 226 cm³/mol. The standard InChI is InChI=1S/C44H85N2O6P/c1-6-8-10-12-14-16-18-20-21-22-23-24-25-26-28-30-32-34-36-38-44(48)45-42(41-52-53(49,50)51-40-39-46(3,4)5)43(47)37-35-33-31-29-27-19-17-15-13-11-9-7-2/h14,16,20-21,23-24,42-43,47H,6-13,15,17-19,22,25-41H2,1-5H3,(H-,45,48,49,50)/p+1/b16-14-,21-20-,24-23-. The van der Waals surface area contributed by atoms with Crippen LogP contribution in [0, 0.1) is 0 Å². The summed E-state index contributed by atoms with van der Waals surface area (Å²) in [5.41, 5.74) is 0. The van der Waals surface area contributed by atoms with Gasteiger partial charge in [0.05, 0.1) is 39.9 Å². The number of nitrogens with one attached hydrogen (secondary N) is 1. The molecule has 8 nitrogen and oxygen atoms in total. The van der Waals surface area contributed by atoms with Gasteiger partial charge in [0.25, 0.3) is 0 Å². The number of amides is 1. The second-order valence-corrected chi connectivity index (χ2v) is 17.5. The fraction of sp³-hybridized carbons (Fsp3) is 0.841. The van der Waals surface area contributed by atoms with Gasteiger partial charge < -0.3 is 19.8 Å². The number of carbonyl (C=O) groups is 1. The van der Waals surface area contributed by atoms with Crippen molar-refractivity contribution in [3.63, 3.8) is 0 Å². The molecule has 0 aromatic rings. The largest absolute Gasteiger partial charge is 0.472 e. The van der Waals surface area contributed by atoms with E-state index >= 15 is 0 Å². The molecule has 3 N–H and O–H groups in total. The molecule has 0 aliphatic rings. The lowest BCUT2D eigenvalue weighted by Crippen LogP contribution is -2.46. The van der Waals surface area contributed by atoms with Gasteiger partial charge in [-0.25, -0.2) is 4.57 Å². The lowest BCUT2D eigenvalue weighted by atomic mass is 10.0. The Morgan fingerprint density at radius 2 is 1.08 bits per heavy atom. The molecular weight excluding hydrogens is 683 g/mol. The van der Waals surface area contributed by atoms with E-state index in [2.05, 4.69) is 55.6 Å². The third-order valence-electron chi connectivity index (χ3n) is 9.64. The average molecular weight is 770 g/mol. The van der Waals surface area contributed by atoms with Crippen LogP contribution in [0.3, 0.4) is 0 Å². The van der Waals surface area contributed by atoms with E-state index in [-0.39, 0.29) is 19.1 Å². The Morgan fingerprint density at radius 3 is 1.60 bits per heavy atom. The number of phosphoric acid groups is 1. The third-order valence-corrected chi connectivity index (χ3v) is 10.6. The molecule has 0 rings (SSSR count). The van der Waals surface area contributed by atoms with Gasteiger partial charge in [0.15, 0.2) is 0 Å². The third kappa shape index (κ3) is 38.8. The Hall–Kier alpha value is -1.28. The Kier molecular flexibility index (Phi) is 35.5. The summed E-state index contributed by atoms with van der Waals surface area (Å²) in [6.45, 7) is 4.83. The van der Waals surface area contributed by atoms with Crippen molar-refractivity contribution in [1.29, 1.82) is 0 Å². The minimum Gasteiger partial charge on any atom is -0.391 e. The Labute approximate surface area is 327 Å². The van der Waals surface area contributed by atoms with Crippen molar-refractivity contribution < 1.29 is 32.9 Å². The van der Waals surface area contributed by atoms with Crippen molar-refractivity contribution in [2.75, 3.05) is 40.9 Å². The van der Waals surface area contributed by atoms with Crippen LogP contribution in [0.2, 0.25) is 0 Å². The van der Waals surface area contributed by atoms with E-state index < -0.39 is 20.0 Å². The molecule has 0 aliphatic carbocycles. The first-order chi connectivity index (χ1) is 25.5. The van der Waals surface area contributed by atoms with Gasteiger partial charge in [-0.05, 0) is 51.4 Å². The summed E-state index contributed by atoms with van der Waals surface area (Å²) in [6.07, 6.45) is 43.0. The Morgan fingerprint density at radius 1 is 0.642 bits per heavy atom. The molecule has 3 unspecified atom stereocenters. The minimum absolute atomic E-state index is 0.0710. The number of allylic oxidation sites excluding steroid dienone is 6. The molecule has 0 saturated heterocycles. The van der Waals surface area contributed by atoms with Gasteiger partial charge in [-0.3, -0.25) is 13.8 Å². The SMILES string of the molecule is CCCCC/C=C\C/C=C\C/C=C\CCCCCCCCC(=O)NC(COP(=O)(O)OCC[N+](C)(C)C)C(O)CCCCCCCCCCCCCC. The molecule has 0 aromatic carbocycles. The van der Waals surface area contributed by atoms with Crippen LogP contribution in [0.1, 0.15) is 187 Å². The van der Waals surface area contributed by atoms with E-state index in [1.54, 1.807) is 0 Å². The fourth-order valence-electron chi connectivity index (χ4n) is 6.11. The van der Waals surface area contributed by atoms with Gasteiger partial charge >= 0.3 is 7.82 Å². The highest BCUT2D eigenvalue weighted by Crippen LogP contribution is 2.43. The van der Waals surface area contributed by atoms with Crippen molar-refractivity contribution in [3.8, 4) is 0 Å². The number of likely N-dealkylation sites (N-methyl/N-ethyl adjacent to an activating group) is 1. The summed E-state index contributed by atoms with van der Waals surface area (Å²) >= 11 is 0. The van der Waals surface area contributed by atoms with Crippen LogP contribution in [-0.2, 0) is 18.4 Å². The van der Waals surface area contributed by atoms with Crippen molar-refractivity contribution in [1.82, 2.24) is 5.32 Å². The first-order valence-corrected chi connectivity index (χ1v) is 23.3. The Balaban J connectivity index is 4.38. The molecule has 0 radical (unpaired) electrons. The van der Waals surface area contributed by atoms with Crippen LogP contribution >= 0.6 is 7.82 Å². The van der Waals surface area contributed by atoms with Crippen LogP contribution < -0.4 is 5.32 Å². The molecule has 312 valence electrons. The number of quaternary nitrogens is 1. The average Bonchev–Trinajstić information content (AvgIpc) is 3.10. The van der Waals surface area contributed by atoms with Crippen LogP contribution in [0.5, 0.6) is 0 Å². The number of unbranched alkanes of at least 4 members (excludes halogenated alkanes) is 20. The summed E-state index contributed by atoms with van der Waals surface area (Å²) in [5.74, 6) is -0.159. The molecule has 0 spiro atoms. The highest BCUT2D eigenvalue weighted by atomic mass is 31.2. The molecule has 3 atom stereocenters. The van der Waals surface area contributed by atoms with Gasteiger partial charge in [0, 0.05) is 6.42 Å². The second kappa shape index (κ2) is 36.4. The topological polar surface area (TPSA) is 105 Å². The zero-order chi connectivity index (χ0) is 39.3. The maximum absolute atomic E-state index is 12.9. The van der Waals surface area contributed by atoms with E-state index in [1.807, 2.05) is 21.1 Å². The Bertz CT molecular complexity index is 964. The molecular formula is C44H86N2O6P+. The number of hydrogen-bond donors (Lipinski definition) is 3. The number of aliphatic hydroxyl groups excluding tert-OH is 1. The summed E-state index contributed by atoms with van der Waals surface area (Å²) in [5, 5.41) is 13.9. The molecule has 0 aromatic heterocycles. The van der Waals surface area contributed by atoms with Crippen molar-refractivity contribution >= 4 is 13.7 Å². The first-order valence-electron chi connectivity index (χ1n) is 21.9. The maximum Gasteiger partial charge on any atom is 0.472 e. The smallest absolute Gasteiger partial charge is 0.391 e. The molecule has 0 saturated carbocycles. The van der Waals surface area contributed by atoms with Crippen molar-refractivity contribution in [2.24, 2.45) is 0 Å². The number of phosphoric ester groups is 1.